The maximum atomic E-state index is 5.71. The van der Waals surface area contributed by atoms with Gasteiger partial charge in [-0.1, -0.05) is 58.4 Å². The molecule has 0 atom stereocenters. The van der Waals surface area contributed by atoms with E-state index in [9.17, 15) is 0 Å². The number of hydrogen-bond acceptors (Lipinski definition) is 1. The lowest BCUT2D eigenvalue weighted by Crippen LogP contribution is -1.95. The molecule has 0 saturated heterocycles. The Morgan fingerprint density at radius 1 is 0.833 bits per heavy atom. The molecule has 0 saturated carbocycles. The number of ether oxygens (including phenoxy) is 1. The van der Waals surface area contributed by atoms with Crippen LogP contribution in [0.15, 0.2) is 54.6 Å². The van der Waals surface area contributed by atoms with E-state index < -0.39 is 0 Å². The summed E-state index contributed by atoms with van der Waals surface area (Å²) in [5.41, 5.74) is 2.60. The molecule has 18 heavy (non-hydrogen) atoms. The van der Waals surface area contributed by atoms with Gasteiger partial charge in [-0.2, -0.15) is 0 Å². The molecular weight excluding hydrogens is 288 g/mol. The molecule has 2 aromatic rings. The Morgan fingerprint density at radius 2 is 1.50 bits per heavy atom. The third-order valence-electron chi connectivity index (χ3n) is 2.77. The highest BCUT2D eigenvalue weighted by Crippen LogP contribution is 2.13. The molecular formula is C16H17BrO. The van der Waals surface area contributed by atoms with Crippen LogP contribution >= 0.6 is 15.9 Å². The van der Waals surface area contributed by atoms with Gasteiger partial charge in [0.05, 0.1) is 0 Å². The van der Waals surface area contributed by atoms with E-state index in [-0.39, 0.29) is 0 Å². The zero-order chi connectivity index (χ0) is 12.6. The van der Waals surface area contributed by atoms with E-state index in [0.29, 0.717) is 6.61 Å². The minimum atomic E-state index is 0.628. The van der Waals surface area contributed by atoms with Crippen LogP contribution in [0.25, 0.3) is 0 Å². The largest absolute Gasteiger partial charge is 0.489 e. The number of alkyl halides is 1. The van der Waals surface area contributed by atoms with Crippen molar-refractivity contribution in [3.63, 3.8) is 0 Å². The first-order valence-corrected chi connectivity index (χ1v) is 7.32. The van der Waals surface area contributed by atoms with Crippen LogP contribution in [-0.2, 0) is 13.0 Å². The summed E-state index contributed by atoms with van der Waals surface area (Å²) in [6, 6.07) is 18.6. The first-order valence-electron chi connectivity index (χ1n) is 6.20. The Balaban J connectivity index is 1.86. The maximum Gasteiger partial charge on any atom is 0.119 e. The van der Waals surface area contributed by atoms with Crippen LogP contribution in [0.1, 0.15) is 17.5 Å². The van der Waals surface area contributed by atoms with Gasteiger partial charge in [0.25, 0.3) is 0 Å². The van der Waals surface area contributed by atoms with Gasteiger partial charge in [-0.3, -0.25) is 0 Å². The molecule has 0 radical (unpaired) electrons. The summed E-state index contributed by atoms with van der Waals surface area (Å²) in [6.07, 6.45) is 2.31. The van der Waals surface area contributed by atoms with Crippen LogP contribution in [0, 0.1) is 0 Å². The van der Waals surface area contributed by atoms with Crippen molar-refractivity contribution in [2.45, 2.75) is 19.4 Å². The predicted molar refractivity (Wildman–Crippen MR) is 79.3 cm³/mol. The van der Waals surface area contributed by atoms with E-state index in [2.05, 4.69) is 40.2 Å². The highest BCUT2D eigenvalue weighted by Gasteiger charge is 1.97. The van der Waals surface area contributed by atoms with E-state index in [4.69, 9.17) is 4.74 Å². The fourth-order valence-electron chi connectivity index (χ4n) is 1.76. The lowest BCUT2D eigenvalue weighted by molar-refractivity contribution is 0.306. The highest BCUT2D eigenvalue weighted by molar-refractivity contribution is 9.09. The third-order valence-corrected chi connectivity index (χ3v) is 3.33. The highest BCUT2D eigenvalue weighted by atomic mass is 79.9. The minimum Gasteiger partial charge on any atom is -0.489 e. The zero-order valence-corrected chi connectivity index (χ0v) is 11.9. The van der Waals surface area contributed by atoms with Crippen molar-refractivity contribution < 1.29 is 4.74 Å². The molecule has 0 N–H and O–H groups in total. The van der Waals surface area contributed by atoms with E-state index in [0.717, 1.165) is 17.5 Å². The van der Waals surface area contributed by atoms with E-state index in [1.165, 1.54) is 17.5 Å². The number of rotatable bonds is 6. The molecule has 0 aliphatic rings. The lowest BCUT2D eigenvalue weighted by atomic mass is 10.1. The Morgan fingerprint density at radius 3 is 2.17 bits per heavy atom. The summed E-state index contributed by atoms with van der Waals surface area (Å²) in [4.78, 5) is 0. The van der Waals surface area contributed by atoms with Gasteiger partial charge in [-0.25, -0.2) is 0 Å². The Bertz CT molecular complexity index is 450. The van der Waals surface area contributed by atoms with Gasteiger partial charge in [0.1, 0.15) is 12.4 Å². The smallest absolute Gasteiger partial charge is 0.119 e. The summed E-state index contributed by atoms with van der Waals surface area (Å²) in [5.74, 6) is 0.917. The minimum absolute atomic E-state index is 0.628. The van der Waals surface area contributed by atoms with Crippen molar-refractivity contribution in [2.75, 3.05) is 5.33 Å². The molecule has 0 spiro atoms. The average molecular weight is 305 g/mol. The zero-order valence-electron chi connectivity index (χ0n) is 10.3. The number of para-hydroxylation sites is 1. The first kappa shape index (κ1) is 13.2. The van der Waals surface area contributed by atoms with Crippen molar-refractivity contribution in [2.24, 2.45) is 0 Å². The second-order valence-electron chi connectivity index (χ2n) is 4.21. The summed E-state index contributed by atoms with van der Waals surface area (Å²) in [5, 5.41) is 1.06. The van der Waals surface area contributed by atoms with E-state index in [1.54, 1.807) is 0 Å². The lowest BCUT2D eigenvalue weighted by Gasteiger charge is -2.07. The summed E-state index contributed by atoms with van der Waals surface area (Å²) < 4.78 is 5.71. The molecule has 0 heterocycles. The van der Waals surface area contributed by atoms with E-state index in [1.807, 2.05) is 30.3 Å². The van der Waals surface area contributed by atoms with Crippen LogP contribution < -0.4 is 4.74 Å². The standard InChI is InChI=1S/C16H17BrO/c17-12-4-5-14-8-10-15(11-9-14)13-18-16-6-2-1-3-7-16/h1-3,6-11H,4-5,12-13H2. The van der Waals surface area contributed by atoms with Crippen molar-refractivity contribution >= 4 is 15.9 Å². The number of hydrogen-bond donors (Lipinski definition) is 0. The van der Waals surface area contributed by atoms with Gasteiger partial charge in [-0.15, -0.1) is 0 Å². The molecule has 1 nitrogen and oxygen atoms in total. The predicted octanol–water partition coefficient (Wildman–Crippen LogP) is 4.59. The molecule has 0 bridgehead atoms. The third kappa shape index (κ3) is 4.19. The quantitative estimate of drug-likeness (QED) is 0.709. The Labute approximate surface area is 117 Å². The average Bonchev–Trinajstić information content (AvgIpc) is 2.45. The summed E-state index contributed by atoms with van der Waals surface area (Å²) >= 11 is 3.45. The van der Waals surface area contributed by atoms with Crippen molar-refractivity contribution in [3.8, 4) is 5.75 Å². The molecule has 0 amide bonds. The number of aryl methyl sites for hydroxylation is 1. The van der Waals surface area contributed by atoms with Gasteiger partial charge >= 0.3 is 0 Å². The number of benzene rings is 2. The summed E-state index contributed by atoms with van der Waals surface area (Å²) in [6.45, 7) is 0.628. The Hall–Kier alpha value is -1.28. The SMILES string of the molecule is BrCCCc1ccc(COc2ccccc2)cc1. The molecule has 2 aromatic carbocycles. The second-order valence-corrected chi connectivity index (χ2v) is 5.00. The molecule has 0 fully saturated rings. The Kier molecular flexibility index (Phi) is 5.28. The second kappa shape index (κ2) is 7.22. The van der Waals surface area contributed by atoms with Crippen LogP contribution in [0.3, 0.4) is 0 Å². The molecule has 2 rings (SSSR count). The fourth-order valence-corrected chi connectivity index (χ4v) is 2.04. The fraction of sp³-hybridized carbons (Fsp3) is 0.250. The summed E-state index contributed by atoms with van der Waals surface area (Å²) in [7, 11) is 0. The molecule has 0 unspecified atom stereocenters. The normalized spacial score (nSPS) is 10.3. The molecule has 94 valence electrons. The van der Waals surface area contributed by atoms with Gasteiger partial charge in [-0.05, 0) is 36.1 Å². The van der Waals surface area contributed by atoms with Gasteiger partial charge in [0, 0.05) is 5.33 Å². The molecule has 0 aliphatic carbocycles. The van der Waals surface area contributed by atoms with Crippen LogP contribution in [0.2, 0.25) is 0 Å². The van der Waals surface area contributed by atoms with E-state index >= 15 is 0 Å². The van der Waals surface area contributed by atoms with Gasteiger partial charge in [0.15, 0.2) is 0 Å². The van der Waals surface area contributed by atoms with Crippen molar-refractivity contribution in [1.29, 1.82) is 0 Å². The van der Waals surface area contributed by atoms with Crippen molar-refractivity contribution in [3.05, 3.63) is 65.7 Å². The molecule has 2 heteroatoms. The van der Waals surface area contributed by atoms with Crippen molar-refractivity contribution in [1.82, 2.24) is 0 Å². The molecule has 0 aliphatic heterocycles. The molecule has 0 aromatic heterocycles. The monoisotopic (exact) mass is 304 g/mol. The maximum absolute atomic E-state index is 5.71. The van der Waals surface area contributed by atoms with Crippen LogP contribution in [0.5, 0.6) is 5.75 Å². The van der Waals surface area contributed by atoms with Crippen LogP contribution in [0.4, 0.5) is 0 Å². The van der Waals surface area contributed by atoms with Gasteiger partial charge < -0.3 is 4.74 Å². The van der Waals surface area contributed by atoms with Gasteiger partial charge in [0.2, 0.25) is 0 Å². The first-order chi connectivity index (χ1) is 8.88. The topological polar surface area (TPSA) is 9.23 Å². The van der Waals surface area contributed by atoms with Crippen LogP contribution in [-0.4, -0.2) is 5.33 Å². The number of halogens is 1.